The first-order valence-corrected chi connectivity index (χ1v) is 4.50. The lowest BCUT2D eigenvalue weighted by Crippen LogP contribution is -1.91. The maximum atomic E-state index is 5.68. The second-order valence-electron chi connectivity index (χ2n) is 2.45. The normalized spacial score (nSPS) is 10.4. The zero-order valence-electron chi connectivity index (χ0n) is 6.16. The van der Waals surface area contributed by atoms with Crippen LogP contribution in [0, 0.1) is 3.57 Å². The molecule has 2 N–H and O–H groups in total. The van der Waals surface area contributed by atoms with Crippen LogP contribution in [0.1, 0.15) is 0 Å². The third kappa shape index (κ3) is 1.22. The van der Waals surface area contributed by atoms with E-state index in [0.29, 0.717) is 5.69 Å². The summed E-state index contributed by atoms with van der Waals surface area (Å²) in [5, 5.41) is 0.988. The summed E-state index contributed by atoms with van der Waals surface area (Å²) in [6.07, 6.45) is 5.17. The molecule has 60 valence electrons. The third-order valence-electron chi connectivity index (χ3n) is 1.58. The Kier molecular flexibility index (Phi) is 1.84. The average molecular weight is 271 g/mol. The Labute approximate surface area is 83.2 Å². The number of hydrogen-bond acceptors (Lipinski definition) is 3. The van der Waals surface area contributed by atoms with Crippen molar-refractivity contribution in [3.63, 3.8) is 0 Å². The van der Waals surface area contributed by atoms with Crippen molar-refractivity contribution in [1.29, 1.82) is 0 Å². The first-order chi connectivity index (χ1) is 5.77. The monoisotopic (exact) mass is 271 g/mol. The molecule has 0 amide bonds. The highest BCUT2D eigenvalue weighted by atomic mass is 127. The van der Waals surface area contributed by atoms with Gasteiger partial charge in [0.2, 0.25) is 0 Å². The molecule has 0 radical (unpaired) electrons. The summed E-state index contributed by atoms with van der Waals surface area (Å²) >= 11 is 2.21. The van der Waals surface area contributed by atoms with Gasteiger partial charge in [-0.1, -0.05) is 0 Å². The average Bonchev–Trinajstić information content (AvgIpc) is 2.04. The van der Waals surface area contributed by atoms with Crippen LogP contribution in [-0.4, -0.2) is 9.97 Å². The Hall–Kier alpha value is -0.910. The second-order valence-corrected chi connectivity index (χ2v) is 3.70. The maximum absolute atomic E-state index is 5.68. The van der Waals surface area contributed by atoms with Crippen LogP contribution in [0.25, 0.3) is 10.9 Å². The quantitative estimate of drug-likeness (QED) is 0.743. The second kappa shape index (κ2) is 2.85. The molecule has 0 fully saturated rings. The summed E-state index contributed by atoms with van der Waals surface area (Å²) in [5.41, 5.74) is 7.13. The Morgan fingerprint density at radius 2 is 2.08 bits per heavy atom. The van der Waals surface area contributed by atoms with Gasteiger partial charge in [-0.15, -0.1) is 0 Å². The van der Waals surface area contributed by atoms with E-state index in [1.165, 1.54) is 0 Å². The molecule has 0 aromatic carbocycles. The van der Waals surface area contributed by atoms with Crippen LogP contribution in [0.4, 0.5) is 5.69 Å². The summed E-state index contributed by atoms with van der Waals surface area (Å²) in [4.78, 5) is 8.19. The van der Waals surface area contributed by atoms with Crippen molar-refractivity contribution in [2.45, 2.75) is 0 Å². The van der Waals surface area contributed by atoms with Gasteiger partial charge in [0, 0.05) is 21.4 Å². The number of halogens is 1. The molecule has 4 heteroatoms. The predicted octanol–water partition coefficient (Wildman–Crippen LogP) is 1.82. The largest absolute Gasteiger partial charge is 0.396 e. The zero-order valence-corrected chi connectivity index (χ0v) is 8.32. The third-order valence-corrected chi connectivity index (χ3v) is 2.17. The van der Waals surface area contributed by atoms with Gasteiger partial charge in [-0.2, -0.15) is 0 Å². The highest BCUT2D eigenvalue weighted by Crippen LogP contribution is 2.18. The van der Waals surface area contributed by atoms with Gasteiger partial charge in [-0.3, -0.25) is 9.97 Å². The molecule has 0 atom stereocenters. The molecule has 0 aliphatic rings. The molecule has 2 heterocycles. The van der Waals surface area contributed by atoms with E-state index in [1.807, 2.05) is 6.07 Å². The fraction of sp³-hybridized carbons (Fsp3) is 0. The summed E-state index contributed by atoms with van der Waals surface area (Å²) in [6, 6.07) is 2.01. The molecule has 3 nitrogen and oxygen atoms in total. The first-order valence-electron chi connectivity index (χ1n) is 3.42. The molecule has 0 aliphatic heterocycles. The van der Waals surface area contributed by atoms with Gasteiger partial charge < -0.3 is 5.73 Å². The van der Waals surface area contributed by atoms with Crippen molar-refractivity contribution in [3.8, 4) is 0 Å². The summed E-state index contributed by atoms with van der Waals surface area (Å²) in [6.45, 7) is 0. The topological polar surface area (TPSA) is 51.8 Å². The van der Waals surface area contributed by atoms with Gasteiger partial charge in [-0.05, 0) is 28.7 Å². The van der Waals surface area contributed by atoms with Gasteiger partial charge in [0.1, 0.15) is 0 Å². The number of aromatic nitrogens is 2. The highest BCUT2D eigenvalue weighted by molar-refractivity contribution is 14.1. The number of nitrogens with zero attached hydrogens (tertiary/aromatic N) is 2. The molecule has 0 aliphatic carbocycles. The molecular formula is C8H6IN3. The first kappa shape index (κ1) is 7.72. The van der Waals surface area contributed by atoms with Crippen LogP contribution < -0.4 is 5.73 Å². The number of pyridine rings is 2. The van der Waals surface area contributed by atoms with Crippen molar-refractivity contribution < 1.29 is 0 Å². The molecule has 2 aromatic rings. The Morgan fingerprint density at radius 3 is 2.92 bits per heavy atom. The van der Waals surface area contributed by atoms with Gasteiger partial charge in [-0.25, -0.2) is 0 Å². The van der Waals surface area contributed by atoms with E-state index in [9.17, 15) is 0 Å². The van der Waals surface area contributed by atoms with E-state index in [2.05, 4.69) is 32.6 Å². The highest BCUT2D eigenvalue weighted by Gasteiger charge is 1.98. The fourth-order valence-electron chi connectivity index (χ4n) is 1.05. The SMILES string of the molecule is Nc1cncc2cc(I)cnc12. The number of rotatable bonds is 0. The number of anilines is 1. The molecule has 0 saturated carbocycles. The van der Waals surface area contributed by atoms with Crippen LogP contribution in [-0.2, 0) is 0 Å². The molecule has 2 rings (SSSR count). The summed E-state index contributed by atoms with van der Waals surface area (Å²) in [5.74, 6) is 0. The maximum Gasteiger partial charge on any atom is 0.0963 e. The number of fused-ring (bicyclic) bond motifs is 1. The molecule has 2 aromatic heterocycles. The standard InChI is InChI=1S/C8H6IN3/c9-6-1-5-2-11-4-7(10)8(5)12-3-6/h1-4H,10H2. The van der Waals surface area contributed by atoms with Crippen LogP contribution in [0.5, 0.6) is 0 Å². The Balaban J connectivity index is 2.86. The molecule has 12 heavy (non-hydrogen) atoms. The van der Waals surface area contributed by atoms with Crippen LogP contribution in [0.15, 0.2) is 24.7 Å². The van der Waals surface area contributed by atoms with E-state index in [4.69, 9.17) is 5.73 Å². The van der Waals surface area contributed by atoms with Crippen LogP contribution in [0.2, 0.25) is 0 Å². The van der Waals surface area contributed by atoms with Crippen molar-refractivity contribution in [3.05, 3.63) is 28.2 Å². The van der Waals surface area contributed by atoms with Gasteiger partial charge in [0.25, 0.3) is 0 Å². The minimum Gasteiger partial charge on any atom is -0.396 e. The Morgan fingerprint density at radius 1 is 1.25 bits per heavy atom. The molecule has 0 unspecified atom stereocenters. The molecular weight excluding hydrogens is 265 g/mol. The lowest BCUT2D eigenvalue weighted by molar-refractivity contribution is 1.32. The minimum absolute atomic E-state index is 0.629. The van der Waals surface area contributed by atoms with Crippen molar-refractivity contribution in [2.75, 3.05) is 5.73 Å². The summed E-state index contributed by atoms with van der Waals surface area (Å²) < 4.78 is 1.09. The van der Waals surface area contributed by atoms with E-state index in [0.717, 1.165) is 14.5 Å². The smallest absolute Gasteiger partial charge is 0.0963 e. The zero-order chi connectivity index (χ0) is 8.55. The van der Waals surface area contributed by atoms with Crippen LogP contribution in [0.3, 0.4) is 0 Å². The molecule has 0 spiro atoms. The predicted molar refractivity (Wildman–Crippen MR) is 56.7 cm³/mol. The minimum atomic E-state index is 0.629. The van der Waals surface area contributed by atoms with E-state index in [-0.39, 0.29) is 0 Å². The number of hydrogen-bond donors (Lipinski definition) is 1. The van der Waals surface area contributed by atoms with Crippen molar-refractivity contribution in [1.82, 2.24) is 9.97 Å². The molecule has 0 saturated heterocycles. The lowest BCUT2D eigenvalue weighted by Gasteiger charge is -1.99. The van der Waals surface area contributed by atoms with Gasteiger partial charge in [0.15, 0.2) is 0 Å². The van der Waals surface area contributed by atoms with Gasteiger partial charge >= 0.3 is 0 Å². The molecule has 0 bridgehead atoms. The van der Waals surface area contributed by atoms with Gasteiger partial charge in [0.05, 0.1) is 17.4 Å². The van der Waals surface area contributed by atoms with E-state index < -0.39 is 0 Å². The number of nitrogen functional groups attached to an aromatic ring is 1. The van der Waals surface area contributed by atoms with Crippen LogP contribution >= 0.6 is 22.6 Å². The van der Waals surface area contributed by atoms with Crippen molar-refractivity contribution >= 4 is 39.2 Å². The van der Waals surface area contributed by atoms with E-state index >= 15 is 0 Å². The van der Waals surface area contributed by atoms with E-state index in [1.54, 1.807) is 18.6 Å². The van der Waals surface area contributed by atoms with Crippen molar-refractivity contribution in [2.24, 2.45) is 0 Å². The lowest BCUT2D eigenvalue weighted by atomic mass is 10.2. The fourth-order valence-corrected chi connectivity index (χ4v) is 1.53. The Bertz CT molecular complexity index is 428. The number of nitrogens with two attached hydrogens (primary N) is 1. The summed E-state index contributed by atoms with van der Waals surface area (Å²) in [7, 11) is 0.